The molecule has 0 unspecified atom stereocenters. The number of methoxy groups -OCH3 is 1. The van der Waals surface area contributed by atoms with E-state index in [9.17, 15) is 0 Å². The topological polar surface area (TPSA) is 87.6 Å². The Morgan fingerprint density at radius 1 is 1.09 bits per heavy atom. The minimum absolute atomic E-state index is 0.0780. The monoisotopic (exact) mass is 434 g/mol. The molecule has 2 atom stereocenters. The predicted octanol–water partition coefficient (Wildman–Crippen LogP) is 3.16. The molecule has 0 amide bonds. The van der Waals surface area contributed by atoms with Crippen molar-refractivity contribution in [3.8, 4) is 17.5 Å². The number of nitrogens with one attached hydrogen (secondary N) is 1. The van der Waals surface area contributed by atoms with Crippen molar-refractivity contribution < 1.29 is 18.9 Å². The third-order valence-electron chi connectivity index (χ3n) is 5.63. The molecule has 0 aromatic carbocycles. The van der Waals surface area contributed by atoms with Crippen molar-refractivity contribution in [3.05, 3.63) is 53.9 Å². The summed E-state index contributed by atoms with van der Waals surface area (Å²) in [6.45, 7) is 2.44. The smallest absolute Gasteiger partial charge is 0.257 e. The van der Waals surface area contributed by atoms with Crippen molar-refractivity contribution in [1.29, 1.82) is 0 Å². The second-order valence-electron chi connectivity index (χ2n) is 7.81. The second-order valence-corrected chi connectivity index (χ2v) is 7.81. The van der Waals surface area contributed by atoms with Gasteiger partial charge in [-0.3, -0.25) is 4.98 Å². The van der Waals surface area contributed by atoms with Gasteiger partial charge in [-0.2, -0.15) is 0 Å². The summed E-state index contributed by atoms with van der Waals surface area (Å²) in [4.78, 5) is 13.5. The van der Waals surface area contributed by atoms with Gasteiger partial charge in [0.2, 0.25) is 5.88 Å². The summed E-state index contributed by atoms with van der Waals surface area (Å²) < 4.78 is 22.4. The number of nitrogens with zero attached hydrogens (tertiary/aromatic N) is 3. The van der Waals surface area contributed by atoms with Gasteiger partial charge in [0.15, 0.2) is 5.75 Å². The molecule has 3 aromatic rings. The van der Waals surface area contributed by atoms with E-state index in [-0.39, 0.29) is 6.10 Å². The van der Waals surface area contributed by atoms with Gasteiger partial charge in [0, 0.05) is 30.4 Å². The molecule has 0 spiro atoms. The van der Waals surface area contributed by atoms with Crippen LogP contribution in [0, 0.1) is 0 Å². The van der Waals surface area contributed by atoms with E-state index in [1.807, 2.05) is 30.3 Å². The lowest BCUT2D eigenvalue weighted by atomic mass is 10.0. The van der Waals surface area contributed by atoms with Crippen LogP contribution in [0.2, 0.25) is 0 Å². The molecule has 5 heterocycles. The highest BCUT2D eigenvalue weighted by atomic mass is 16.6. The zero-order chi connectivity index (χ0) is 21.8. The summed E-state index contributed by atoms with van der Waals surface area (Å²) in [5.41, 5.74) is 3.60. The lowest BCUT2D eigenvalue weighted by molar-refractivity contribution is 0.0250. The average Bonchev–Trinajstić information content (AvgIpc) is 2.86. The SMILES string of the molecule is COc1ccc2nccc(/C=C/[C@@H]3CC[C@@H](NCc4ccc5c(n4)OCCO5)CO3)c2n1. The summed E-state index contributed by atoms with van der Waals surface area (Å²) >= 11 is 0. The molecule has 0 saturated carbocycles. The van der Waals surface area contributed by atoms with Crippen LogP contribution in [0.5, 0.6) is 17.5 Å². The van der Waals surface area contributed by atoms with Crippen LogP contribution in [0.1, 0.15) is 24.1 Å². The molecular weight excluding hydrogens is 408 g/mol. The third-order valence-corrected chi connectivity index (χ3v) is 5.63. The van der Waals surface area contributed by atoms with E-state index in [1.54, 1.807) is 13.3 Å². The fourth-order valence-corrected chi connectivity index (χ4v) is 3.89. The van der Waals surface area contributed by atoms with Crippen molar-refractivity contribution in [3.63, 3.8) is 0 Å². The Labute approximate surface area is 186 Å². The number of pyridine rings is 3. The number of rotatable bonds is 6. The molecule has 2 aliphatic rings. The molecule has 166 valence electrons. The maximum Gasteiger partial charge on any atom is 0.257 e. The number of hydrogen-bond acceptors (Lipinski definition) is 8. The molecule has 0 bridgehead atoms. The first-order valence-electron chi connectivity index (χ1n) is 10.9. The zero-order valence-corrected chi connectivity index (χ0v) is 18.0. The van der Waals surface area contributed by atoms with Gasteiger partial charge in [0.1, 0.15) is 13.2 Å². The van der Waals surface area contributed by atoms with Gasteiger partial charge in [-0.25, -0.2) is 9.97 Å². The first-order chi connectivity index (χ1) is 15.8. The Morgan fingerprint density at radius 3 is 2.91 bits per heavy atom. The molecule has 0 aliphatic carbocycles. The molecule has 1 N–H and O–H groups in total. The normalized spacial score (nSPS) is 20.5. The van der Waals surface area contributed by atoms with E-state index in [0.29, 0.717) is 49.9 Å². The summed E-state index contributed by atoms with van der Waals surface area (Å²) in [7, 11) is 1.62. The van der Waals surface area contributed by atoms with Crippen LogP contribution in [0.25, 0.3) is 17.1 Å². The minimum atomic E-state index is 0.0780. The predicted molar refractivity (Wildman–Crippen MR) is 120 cm³/mol. The molecule has 3 aromatic heterocycles. The van der Waals surface area contributed by atoms with Crippen molar-refractivity contribution in [2.75, 3.05) is 26.9 Å². The molecule has 5 rings (SSSR count). The fourth-order valence-electron chi connectivity index (χ4n) is 3.89. The lowest BCUT2D eigenvalue weighted by Crippen LogP contribution is -2.39. The molecule has 0 radical (unpaired) electrons. The average molecular weight is 434 g/mol. The van der Waals surface area contributed by atoms with Gasteiger partial charge in [0.05, 0.1) is 36.5 Å². The fraction of sp³-hybridized carbons (Fsp3) is 0.375. The summed E-state index contributed by atoms with van der Waals surface area (Å²) in [6, 6.07) is 9.88. The van der Waals surface area contributed by atoms with Crippen LogP contribution >= 0.6 is 0 Å². The molecule has 32 heavy (non-hydrogen) atoms. The first kappa shape index (κ1) is 20.7. The van der Waals surface area contributed by atoms with Gasteiger partial charge in [-0.15, -0.1) is 0 Å². The maximum absolute atomic E-state index is 6.07. The molecule has 8 heteroatoms. The Morgan fingerprint density at radius 2 is 2.03 bits per heavy atom. The zero-order valence-electron chi connectivity index (χ0n) is 18.0. The van der Waals surface area contributed by atoms with Crippen molar-refractivity contribution in [1.82, 2.24) is 20.3 Å². The van der Waals surface area contributed by atoms with Crippen LogP contribution in [-0.2, 0) is 11.3 Å². The minimum Gasteiger partial charge on any atom is -0.484 e. The summed E-state index contributed by atoms with van der Waals surface area (Å²) in [5, 5.41) is 3.54. The van der Waals surface area contributed by atoms with Crippen molar-refractivity contribution >= 4 is 17.1 Å². The van der Waals surface area contributed by atoms with Gasteiger partial charge < -0.3 is 24.3 Å². The third kappa shape index (κ3) is 4.66. The van der Waals surface area contributed by atoms with Crippen LogP contribution in [-0.4, -0.2) is 54.0 Å². The number of aromatic nitrogens is 3. The van der Waals surface area contributed by atoms with E-state index >= 15 is 0 Å². The number of hydrogen-bond donors (Lipinski definition) is 1. The van der Waals surface area contributed by atoms with E-state index in [2.05, 4.69) is 32.4 Å². The first-order valence-corrected chi connectivity index (χ1v) is 10.9. The van der Waals surface area contributed by atoms with Crippen LogP contribution < -0.4 is 19.5 Å². The summed E-state index contributed by atoms with van der Waals surface area (Å²) in [5.74, 6) is 1.87. The molecular formula is C24H26N4O4. The van der Waals surface area contributed by atoms with Gasteiger partial charge in [-0.05, 0) is 37.1 Å². The van der Waals surface area contributed by atoms with Crippen LogP contribution in [0.3, 0.4) is 0 Å². The van der Waals surface area contributed by atoms with Gasteiger partial charge in [0.25, 0.3) is 5.88 Å². The van der Waals surface area contributed by atoms with E-state index in [0.717, 1.165) is 35.1 Å². The van der Waals surface area contributed by atoms with E-state index in [1.165, 1.54) is 0 Å². The Bertz CT molecular complexity index is 1110. The quantitative estimate of drug-likeness (QED) is 0.633. The number of ether oxygens (including phenoxy) is 4. The Kier molecular flexibility index (Phi) is 6.13. The maximum atomic E-state index is 6.07. The largest absolute Gasteiger partial charge is 0.484 e. The molecule has 8 nitrogen and oxygen atoms in total. The molecule has 2 aliphatic heterocycles. The number of fused-ring (bicyclic) bond motifs is 2. The Balaban J connectivity index is 1.15. The van der Waals surface area contributed by atoms with Crippen molar-refractivity contribution in [2.24, 2.45) is 0 Å². The summed E-state index contributed by atoms with van der Waals surface area (Å²) in [6.07, 6.45) is 8.02. The van der Waals surface area contributed by atoms with Crippen molar-refractivity contribution in [2.45, 2.75) is 31.5 Å². The van der Waals surface area contributed by atoms with Crippen LogP contribution in [0.4, 0.5) is 0 Å². The van der Waals surface area contributed by atoms with Gasteiger partial charge >= 0.3 is 0 Å². The highest BCUT2D eigenvalue weighted by molar-refractivity contribution is 5.84. The van der Waals surface area contributed by atoms with Crippen LogP contribution in [0.15, 0.2) is 42.6 Å². The van der Waals surface area contributed by atoms with E-state index in [4.69, 9.17) is 18.9 Å². The Hall–Kier alpha value is -3.23. The molecule has 1 fully saturated rings. The lowest BCUT2D eigenvalue weighted by Gasteiger charge is -2.28. The highest BCUT2D eigenvalue weighted by Gasteiger charge is 2.20. The van der Waals surface area contributed by atoms with Gasteiger partial charge in [-0.1, -0.05) is 12.2 Å². The molecule has 1 saturated heterocycles. The highest BCUT2D eigenvalue weighted by Crippen LogP contribution is 2.27. The van der Waals surface area contributed by atoms with E-state index < -0.39 is 0 Å². The second kappa shape index (κ2) is 9.50. The standard InChI is InChI=1S/C24H26N4O4/c1-29-22-9-7-20-23(28-22)16(10-11-25-20)2-5-19-6-3-18(15-32-19)26-14-17-4-8-21-24(27-17)31-13-12-30-21/h2,4-5,7-11,18-19,26H,3,6,12-15H2,1H3/b5-2+/t18-,19-/m1/s1.